The number of carbonyl (C=O) groups is 1. The van der Waals surface area contributed by atoms with Gasteiger partial charge in [-0.3, -0.25) is 0 Å². The number of benzene rings is 1. The van der Waals surface area contributed by atoms with Crippen LogP contribution >= 0.6 is 0 Å². The van der Waals surface area contributed by atoms with Crippen molar-refractivity contribution < 1.29 is 18.0 Å². The van der Waals surface area contributed by atoms with Crippen LogP contribution in [0.1, 0.15) is 18.4 Å². The molecule has 0 atom stereocenters. The summed E-state index contributed by atoms with van der Waals surface area (Å²) >= 11 is 0. The minimum atomic E-state index is -4.37. The zero-order chi connectivity index (χ0) is 16.0. The van der Waals surface area contributed by atoms with E-state index in [2.05, 4.69) is 22.0 Å². The van der Waals surface area contributed by atoms with Crippen molar-refractivity contribution in [1.82, 2.24) is 10.6 Å². The molecule has 1 aliphatic heterocycles. The van der Waals surface area contributed by atoms with Crippen molar-refractivity contribution in [2.45, 2.75) is 19.0 Å². The van der Waals surface area contributed by atoms with Crippen LogP contribution in [0.2, 0.25) is 0 Å². The topological polar surface area (TPSA) is 53.2 Å². The third kappa shape index (κ3) is 5.07. The molecule has 2 amide bonds. The van der Waals surface area contributed by atoms with Crippen LogP contribution in [-0.4, -0.2) is 25.7 Å². The van der Waals surface area contributed by atoms with E-state index in [0.29, 0.717) is 12.2 Å². The number of anilines is 1. The first-order chi connectivity index (χ1) is 10.4. The lowest BCUT2D eigenvalue weighted by Crippen LogP contribution is -2.30. The molecule has 0 saturated heterocycles. The first-order valence-corrected chi connectivity index (χ1v) is 7.06. The second-order valence-electron chi connectivity index (χ2n) is 5.02. The highest BCUT2D eigenvalue weighted by atomic mass is 19.4. The maximum absolute atomic E-state index is 12.4. The van der Waals surface area contributed by atoms with Crippen molar-refractivity contribution in [3.05, 3.63) is 41.5 Å². The van der Waals surface area contributed by atoms with Crippen molar-refractivity contribution in [2.75, 3.05) is 25.0 Å². The second-order valence-corrected chi connectivity index (χ2v) is 5.02. The third-order valence-corrected chi connectivity index (χ3v) is 3.36. The number of nitrogens with one attached hydrogen (secondary N) is 3. The maximum Gasteiger partial charge on any atom is 0.416 e. The monoisotopic (exact) mass is 313 g/mol. The van der Waals surface area contributed by atoms with E-state index in [1.54, 1.807) is 0 Å². The normalized spacial score (nSPS) is 15.1. The van der Waals surface area contributed by atoms with Crippen LogP contribution in [0.15, 0.2) is 35.9 Å². The Bertz CT molecular complexity index is 538. The Morgan fingerprint density at radius 1 is 1.23 bits per heavy atom. The summed E-state index contributed by atoms with van der Waals surface area (Å²) in [6.45, 7) is 2.30. The highest BCUT2D eigenvalue weighted by Gasteiger charge is 2.29. The van der Waals surface area contributed by atoms with Gasteiger partial charge in [0.1, 0.15) is 0 Å². The van der Waals surface area contributed by atoms with Gasteiger partial charge in [-0.05, 0) is 43.7 Å². The molecule has 4 nitrogen and oxygen atoms in total. The van der Waals surface area contributed by atoms with Crippen molar-refractivity contribution in [1.29, 1.82) is 0 Å². The Morgan fingerprint density at radius 2 is 1.95 bits per heavy atom. The van der Waals surface area contributed by atoms with Gasteiger partial charge >= 0.3 is 12.2 Å². The largest absolute Gasteiger partial charge is 0.416 e. The minimum Gasteiger partial charge on any atom is -0.338 e. The van der Waals surface area contributed by atoms with E-state index < -0.39 is 17.8 Å². The average molecular weight is 313 g/mol. The van der Waals surface area contributed by atoms with Crippen LogP contribution in [0.4, 0.5) is 23.7 Å². The number of hydrogen-bond donors (Lipinski definition) is 3. The molecule has 0 spiro atoms. The summed E-state index contributed by atoms with van der Waals surface area (Å²) in [6.07, 6.45) is -0.507. The lowest BCUT2D eigenvalue weighted by Gasteiger charge is -2.14. The lowest BCUT2D eigenvalue weighted by atomic mass is 10.1. The fourth-order valence-electron chi connectivity index (χ4n) is 2.15. The van der Waals surface area contributed by atoms with Gasteiger partial charge in [-0.2, -0.15) is 13.2 Å². The molecule has 0 aromatic heterocycles. The molecule has 120 valence electrons. The molecular weight excluding hydrogens is 295 g/mol. The summed E-state index contributed by atoms with van der Waals surface area (Å²) in [5.41, 5.74) is 0.886. The number of urea groups is 1. The summed E-state index contributed by atoms with van der Waals surface area (Å²) in [4.78, 5) is 11.7. The van der Waals surface area contributed by atoms with Crippen molar-refractivity contribution >= 4 is 11.7 Å². The molecule has 3 N–H and O–H groups in total. The van der Waals surface area contributed by atoms with E-state index in [-0.39, 0.29) is 0 Å². The first-order valence-electron chi connectivity index (χ1n) is 7.06. The Labute approximate surface area is 126 Å². The average Bonchev–Trinajstić information content (AvgIpc) is 2.48. The molecule has 2 rings (SSSR count). The molecule has 0 saturated carbocycles. The Morgan fingerprint density at radius 3 is 2.55 bits per heavy atom. The van der Waals surface area contributed by atoms with Gasteiger partial charge in [-0.1, -0.05) is 11.6 Å². The molecule has 0 radical (unpaired) electrons. The van der Waals surface area contributed by atoms with E-state index in [1.807, 2.05) is 0 Å². The van der Waals surface area contributed by atoms with Crippen LogP contribution in [0, 0.1) is 0 Å². The van der Waals surface area contributed by atoms with Gasteiger partial charge in [0.25, 0.3) is 0 Å². The molecule has 0 fully saturated rings. The smallest absolute Gasteiger partial charge is 0.338 e. The fraction of sp³-hybridized carbons (Fsp3) is 0.400. The van der Waals surface area contributed by atoms with Crippen molar-refractivity contribution in [3.8, 4) is 0 Å². The number of alkyl halides is 3. The van der Waals surface area contributed by atoms with Gasteiger partial charge in [-0.15, -0.1) is 0 Å². The second kappa shape index (κ2) is 7.31. The van der Waals surface area contributed by atoms with E-state index in [9.17, 15) is 18.0 Å². The zero-order valence-electron chi connectivity index (χ0n) is 12.0. The molecule has 7 heteroatoms. The molecular formula is C15H18F3N3O. The summed E-state index contributed by atoms with van der Waals surface area (Å²) in [6, 6.07) is 3.93. The Kier molecular flexibility index (Phi) is 5.43. The Balaban J connectivity index is 1.76. The van der Waals surface area contributed by atoms with E-state index in [4.69, 9.17) is 0 Å². The van der Waals surface area contributed by atoms with Gasteiger partial charge in [0.2, 0.25) is 0 Å². The van der Waals surface area contributed by atoms with Gasteiger partial charge in [0.05, 0.1) is 5.56 Å². The summed E-state index contributed by atoms with van der Waals surface area (Å²) < 4.78 is 37.2. The highest BCUT2D eigenvalue weighted by Crippen LogP contribution is 2.29. The number of hydrogen-bond acceptors (Lipinski definition) is 2. The van der Waals surface area contributed by atoms with Gasteiger partial charge in [0, 0.05) is 18.8 Å². The molecule has 1 aromatic carbocycles. The summed E-state index contributed by atoms with van der Waals surface area (Å²) in [5, 5.41) is 8.40. The number of rotatable bonds is 4. The number of amides is 2. The van der Waals surface area contributed by atoms with Crippen molar-refractivity contribution in [3.63, 3.8) is 0 Å². The molecule has 1 heterocycles. The van der Waals surface area contributed by atoms with Gasteiger partial charge in [-0.25, -0.2) is 4.79 Å². The SMILES string of the molecule is O=C(NCCC1=CCNCC1)Nc1ccc(C(F)(F)F)cc1. The fourth-order valence-corrected chi connectivity index (χ4v) is 2.15. The third-order valence-electron chi connectivity index (χ3n) is 3.36. The molecule has 1 aliphatic rings. The number of halogens is 3. The molecule has 0 unspecified atom stereocenters. The predicted molar refractivity (Wildman–Crippen MR) is 78.7 cm³/mol. The van der Waals surface area contributed by atoms with Crippen LogP contribution in [-0.2, 0) is 6.18 Å². The molecule has 22 heavy (non-hydrogen) atoms. The first kappa shape index (κ1) is 16.4. The van der Waals surface area contributed by atoms with Gasteiger partial charge < -0.3 is 16.0 Å². The molecule has 1 aromatic rings. The lowest BCUT2D eigenvalue weighted by molar-refractivity contribution is -0.137. The summed E-state index contributed by atoms with van der Waals surface area (Å²) in [5.74, 6) is 0. The van der Waals surface area contributed by atoms with Crippen molar-refractivity contribution in [2.24, 2.45) is 0 Å². The predicted octanol–water partition coefficient (Wildman–Crippen LogP) is 3.14. The maximum atomic E-state index is 12.4. The number of carbonyl (C=O) groups excluding carboxylic acids is 1. The standard InChI is InChI=1S/C15H18F3N3O/c16-15(17,18)12-1-3-13(4-2-12)21-14(22)20-10-7-11-5-8-19-9-6-11/h1-5,19H,6-10H2,(H2,20,21,22). The quantitative estimate of drug-likeness (QED) is 0.748. The summed E-state index contributed by atoms with van der Waals surface area (Å²) in [7, 11) is 0. The van der Waals surface area contributed by atoms with E-state index in [1.165, 1.54) is 17.7 Å². The van der Waals surface area contributed by atoms with Crippen LogP contribution < -0.4 is 16.0 Å². The van der Waals surface area contributed by atoms with E-state index in [0.717, 1.165) is 38.1 Å². The molecule has 0 bridgehead atoms. The highest BCUT2D eigenvalue weighted by molar-refractivity contribution is 5.89. The van der Waals surface area contributed by atoms with Crippen LogP contribution in [0.5, 0.6) is 0 Å². The Hall–Kier alpha value is -2.02. The van der Waals surface area contributed by atoms with Crippen LogP contribution in [0.3, 0.4) is 0 Å². The van der Waals surface area contributed by atoms with Gasteiger partial charge in [0.15, 0.2) is 0 Å². The minimum absolute atomic E-state index is 0.326. The zero-order valence-corrected chi connectivity index (χ0v) is 12.0. The van der Waals surface area contributed by atoms with Crippen LogP contribution in [0.25, 0.3) is 0 Å². The molecule has 0 aliphatic carbocycles. The van der Waals surface area contributed by atoms with E-state index >= 15 is 0 Å².